The number of hydrogen-bond acceptors (Lipinski definition) is 4. The molecule has 0 unspecified atom stereocenters. The quantitative estimate of drug-likeness (QED) is 0.801. The topological polar surface area (TPSA) is 58.7 Å². The van der Waals surface area contributed by atoms with Crippen LogP contribution in [0.1, 0.15) is 19.8 Å². The van der Waals surface area contributed by atoms with Gasteiger partial charge in [-0.2, -0.15) is 0 Å². The summed E-state index contributed by atoms with van der Waals surface area (Å²) in [6.45, 7) is 4.86. The van der Waals surface area contributed by atoms with E-state index in [0.29, 0.717) is 19.1 Å². The molecule has 4 nitrogen and oxygen atoms in total. The van der Waals surface area contributed by atoms with Gasteiger partial charge in [0, 0.05) is 43.2 Å². The highest BCUT2D eigenvalue weighted by Gasteiger charge is 2.19. The van der Waals surface area contributed by atoms with Crippen LogP contribution in [0.5, 0.6) is 5.75 Å². The van der Waals surface area contributed by atoms with E-state index in [9.17, 15) is 0 Å². The predicted molar refractivity (Wildman–Crippen MR) is 74.0 cm³/mol. The molecule has 0 radical (unpaired) electrons. The number of benzene rings is 1. The molecule has 1 aliphatic heterocycles. The molecule has 0 saturated carbocycles. The van der Waals surface area contributed by atoms with Crippen LogP contribution < -0.4 is 15.4 Å². The lowest BCUT2D eigenvalue weighted by Crippen LogP contribution is -2.34. The number of aliphatic hydroxyl groups excluding tert-OH is 1. The van der Waals surface area contributed by atoms with Crippen LogP contribution in [0.2, 0.25) is 0 Å². The van der Waals surface area contributed by atoms with E-state index < -0.39 is 0 Å². The van der Waals surface area contributed by atoms with Crippen molar-refractivity contribution in [1.82, 2.24) is 0 Å². The summed E-state index contributed by atoms with van der Waals surface area (Å²) in [6, 6.07) is 5.88. The van der Waals surface area contributed by atoms with E-state index in [4.69, 9.17) is 15.6 Å². The van der Waals surface area contributed by atoms with Crippen molar-refractivity contribution in [3.05, 3.63) is 18.2 Å². The third kappa shape index (κ3) is 3.07. The maximum Gasteiger partial charge on any atom is 0.123 e. The average Bonchev–Trinajstić information content (AvgIpc) is 2.38. The minimum atomic E-state index is 0.301. The number of nitrogens with two attached hydrogens (primary N) is 1. The molecular weight excluding hydrogens is 228 g/mol. The average molecular weight is 250 g/mol. The number of nitrogen functional groups attached to an aromatic ring is 1. The Morgan fingerprint density at radius 3 is 2.67 bits per heavy atom. The van der Waals surface area contributed by atoms with Crippen LogP contribution in [0.4, 0.5) is 11.4 Å². The van der Waals surface area contributed by atoms with E-state index in [1.165, 1.54) is 0 Å². The number of rotatable bonds is 4. The largest absolute Gasteiger partial charge is 0.494 e. The monoisotopic (exact) mass is 250 g/mol. The van der Waals surface area contributed by atoms with E-state index in [0.717, 1.165) is 43.1 Å². The predicted octanol–water partition coefficient (Wildman–Crippen LogP) is 1.88. The third-order valence-electron chi connectivity index (χ3n) is 3.46. The van der Waals surface area contributed by atoms with Gasteiger partial charge in [0.15, 0.2) is 0 Å². The maximum atomic E-state index is 9.15. The molecule has 0 atom stereocenters. The maximum absolute atomic E-state index is 9.15. The summed E-state index contributed by atoms with van der Waals surface area (Å²) in [7, 11) is 0. The number of hydrogen-bond donors (Lipinski definition) is 2. The molecule has 2 rings (SSSR count). The Morgan fingerprint density at radius 2 is 2.06 bits per heavy atom. The van der Waals surface area contributed by atoms with E-state index in [-0.39, 0.29) is 0 Å². The van der Waals surface area contributed by atoms with Crippen molar-refractivity contribution in [2.24, 2.45) is 5.92 Å². The molecule has 18 heavy (non-hydrogen) atoms. The Hall–Kier alpha value is -1.42. The Labute approximate surface area is 108 Å². The fraction of sp³-hybridized carbons (Fsp3) is 0.571. The fourth-order valence-corrected chi connectivity index (χ4v) is 2.41. The zero-order valence-electron chi connectivity index (χ0n) is 10.9. The van der Waals surface area contributed by atoms with Crippen molar-refractivity contribution in [3.63, 3.8) is 0 Å². The SMILES string of the molecule is CCOc1cc(N)cc(N2CCC(CO)CC2)c1. The molecule has 1 aromatic rings. The molecule has 4 heteroatoms. The van der Waals surface area contributed by atoms with E-state index in [1.54, 1.807) is 0 Å². The van der Waals surface area contributed by atoms with Gasteiger partial charge >= 0.3 is 0 Å². The first-order valence-corrected chi connectivity index (χ1v) is 6.62. The summed E-state index contributed by atoms with van der Waals surface area (Å²) in [4.78, 5) is 2.31. The van der Waals surface area contributed by atoms with Crippen LogP contribution in [0.15, 0.2) is 18.2 Å². The van der Waals surface area contributed by atoms with Gasteiger partial charge in [0.2, 0.25) is 0 Å². The first-order valence-electron chi connectivity index (χ1n) is 6.62. The molecule has 1 fully saturated rings. The van der Waals surface area contributed by atoms with Crippen molar-refractivity contribution < 1.29 is 9.84 Å². The van der Waals surface area contributed by atoms with E-state index >= 15 is 0 Å². The van der Waals surface area contributed by atoms with Crippen LogP contribution in [-0.4, -0.2) is 31.4 Å². The summed E-state index contributed by atoms with van der Waals surface area (Å²) in [6.07, 6.45) is 2.07. The first kappa shape index (κ1) is 13.0. The van der Waals surface area contributed by atoms with Crippen molar-refractivity contribution in [1.29, 1.82) is 0 Å². The Kier molecular flexibility index (Phi) is 4.31. The Balaban J connectivity index is 2.08. The smallest absolute Gasteiger partial charge is 0.123 e. The van der Waals surface area contributed by atoms with Crippen LogP contribution >= 0.6 is 0 Å². The van der Waals surface area contributed by atoms with Crippen LogP contribution in [0, 0.1) is 5.92 Å². The zero-order chi connectivity index (χ0) is 13.0. The Bertz CT molecular complexity index is 387. The van der Waals surface area contributed by atoms with Crippen LogP contribution in [0.25, 0.3) is 0 Å². The second-order valence-corrected chi connectivity index (χ2v) is 4.81. The van der Waals surface area contributed by atoms with Gasteiger partial charge in [-0.15, -0.1) is 0 Å². The molecule has 1 heterocycles. The molecule has 1 saturated heterocycles. The molecule has 1 aliphatic rings. The van der Waals surface area contributed by atoms with Crippen molar-refractivity contribution in [3.8, 4) is 5.75 Å². The zero-order valence-corrected chi connectivity index (χ0v) is 10.9. The summed E-state index contributed by atoms with van der Waals surface area (Å²) < 4.78 is 5.51. The lowest BCUT2D eigenvalue weighted by Gasteiger charge is -2.33. The molecule has 0 aromatic heterocycles. The normalized spacial score (nSPS) is 16.9. The highest BCUT2D eigenvalue weighted by atomic mass is 16.5. The molecule has 0 amide bonds. The standard InChI is InChI=1S/C14H22N2O2/c1-2-18-14-8-12(15)7-13(9-14)16-5-3-11(10-17)4-6-16/h7-9,11,17H,2-6,10,15H2,1H3. The molecule has 3 N–H and O–H groups in total. The van der Waals surface area contributed by atoms with E-state index in [1.807, 2.05) is 25.1 Å². The molecule has 1 aromatic carbocycles. The molecular formula is C14H22N2O2. The lowest BCUT2D eigenvalue weighted by molar-refractivity contribution is 0.203. The fourth-order valence-electron chi connectivity index (χ4n) is 2.41. The van der Waals surface area contributed by atoms with Crippen LogP contribution in [0.3, 0.4) is 0 Å². The molecule has 0 spiro atoms. The number of piperidine rings is 1. The van der Waals surface area contributed by atoms with Gasteiger partial charge in [0.25, 0.3) is 0 Å². The van der Waals surface area contributed by atoms with Gasteiger partial charge in [0.1, 0.15) is 5.75 Å². The summed E-state index contributed by atoms with van der Waals surface area (Å²) >= 11 is 0. The van der Waals surface area contributed by atoms with Gasteiger partial charge < -0.3 is 20.5 Å². The lowest BCUT2D eigenvalue weighted by atomic mass is 9.97. The molecule has 0 bridgehead atoms. The summed E-state index contributed by atoms with van der Waals surface area (Å²) in [5.41, 5.74) is 7.76. The number of ether oxygens (including phenoxy) is 1. The summed E-state index contributed by atoms with van der Waals surface area (Å²) in [5, 5.41) is 9.15. The second kappa shape index (κ2) is 5.96. The highest BCUT2D eigenvalue weighted by Crippen LogP contribution is 2.29. The van der Waals surface area contributed by atoms with Gasteiger partial charge in [-0.05, 0) is 31.7 Å². The van der Waals surface area contributed by atoms with Crippen molar-refractivity contribution in [2.75, 3.05) is 36.9 Å². The molecule has 0 aliphatic carbocycles. The van der Waals surface area contributed by atoms with Gasteiger partial charge in [-0.3, -0.25) is 0 Å². The van der Waals surface area contributed by atoms with Gasteiger partial charge in [-0.1, -0.05) is 0 Å². The van der Waals surface area contributed by atoms with Crippen molar-refractivity contribution >= 4 is 11.4 Å². The van der Waals surface area contributed by atoms with Crippen LogP contribution in [-0.2, 0) is 0 Å². The van der Waals surface area contributed by atoms with Crippen molar-refractivity contribution in [2.45, 2.75) is 19.8 Å². The second-order valence-electron chi connectivity index (χ2n) is 4.81. The van der Waals surface area contributed by atoms with Gasteiger partial charge in [-0.25, -0.2) is 0 Å². The number of nitrogens with zero attached hydrogens (tertiary/aromatic N) is 1. The molecule has 100 valence electrons. The van der Waals surface area contributed by atoms with E-state index in [2.05, 4.69) is 4.90 Å². The summed E-state index contributed by atoms with van der Waals surface area (Å²) in [5.74, 6) is 1.28. The first-order chi connectivity index (χ1) is 8.72. The third-order valence-corrected chi connectivity index (χ3v) is 3.46. The minimum Gasteiger partial charge on any atom is -0.494 e. The number of anilines is 2. The highest BCUT2D eigenvalue weighted by molar-refractivity contribution is 5.60. The number of aliphatic hydroxyl groups is 1. The Morgan fingerprint density at radius 1 is 1.33 bits per heavy atom. The minimum absolute atomic E-state index is 0.301. The van der Waals surface area contributed by atoms with Gasteiger partial charge in [0.05, 0.1) is 6.61 Å².